The molecule has 3 fully saturated rings. The second-order valence-corrected chi connectivity index (χ2v) is 15.8. The Morgan fingerprint density at radius 3 is 1.73 bits per heavy atom. The minimum Gasteiger partial charge on any atom is -0.332 e. The van der Waals surface area contributed by atoms with E-state index in [2.05, 4.69) is 51.0 Å². The van der Waals surface area contributed by atoms with E-state index >= 15 is 0 Å². The summed E-state index contributed by atoms with van der Waals surface area (Å²) in [5.74, 6) is 3.77. The summed E-state index contributed by atoms with van der Waals surface area (Å²) in [5, 5.41) is 0. The van der Waals surface area contributed by atoms with E-state index in [-0.39, 0.29) is 5.54 Å². The molecule has 1 nitrogen and oxygen atoms in total. The third-order valence-corrected chi connectivity index (χ3v) is 11.2. The van der Waals surface area contributed by atoms with Crippen molar-refractivity contribution in [1.82, 2.24) is 4.98 Å². The van der Waals surface area contributed by atoms with Gasteiger partial charge in [0, 0.05) is 11.1 Å². The smallest absolute Gasteiger partial charge is 0.130 e. The number of fused-ring (bicyclic) bond motifs is 5. The normalized spacial score (nSPS) is 37.8. The van der Waals surface area contributed by atoms with E-state index in [0.29, 0.717) is 5.54 Å². The van der Waals surface area contributed by atoms with Crippen LogP contribution in [0.25, 0.3) is 0 Å². The zero-order valence-corrected chi connectivity index (χ0v) is 18.9. The zero-order valence-electron chi connectivity index (χ0n) is 17.9. The third-order valence-electron chi connectivity index (χ3n) is 7.80. The van der Waals surface area contributed by atoms with Crippen LogP contribution >= 0.6 is 0 Å². The van der Waals surface area contributed by atoms with Gasteiger partial charge in [-0.3, -0.25) is 0 Å². The predicted molar refractivity (Wildman–Crippen MR) is 116 cm³/mol. The van der Waals surface area contributed by atoms with Crippen LogP contribution in [0.1, 0.15) is 78.6 Å². The molecule has 0 aromatic rings. The van der Waals surface area contributed by atoms with Crippen LogP contribution in [0.2, 0.25) is 18.6 Å². The first-order valence-corrected chi connectivity index (χ1v) is 14.6. The summed E-state index contributed by atoms with van der Waals surface area (Å²) < 4.78 is 0. The van der Waals surface area contributed by atoms with E-state index in [4.69, 9.17) is 0 Å². The molecular weight excluding hydrogens is 330 g/mol. The zero-order chi connectivity index (χ0) is 18.5. The maximum atomic E-state index is 4.06. The fraction of sp³-hybridized carbons (Fsp3) is 0.833. The highest BCUT2D eigenvalue weighted by atomic mass is 28.3. The van der Waals surface area contributed by atoms with Crippen molar-refractivity contribution in [3.63, 3.8) is 0 Å². The lowest BCUT2D eigenvalue weighted by atomic mass is 9.72. The topological polar surface area (TPSA) is 12.0 Å². The Morgan fingerprint density at radius 1 is 0.808 bits per heavy atom. The Balaban J connectivity index is 1.69. The number of hydrogen-bond donors (Lipinski definition) is 1. The molecule has 4 rings (SSSR count). The van der Waals surface area contributed by atoms with E-state index in [1.807, 2.05) is 11.1 Å². The standard InChI is InChI=1S/C24H41NSi/c1-24(2,3)25-26(4,5)19-15-22-20-12-8-6-10-17(20)14-18-11-7-9-13-21(18)23(22)16-19/h15-21,25H,6-14H2,1-5H3. The van der Waals surface area contributed by atoms with Crippen LogP contribution in [0.3, 0.4) is 0 Å². The molecular formula is C24H41NSi. The van der Waals surface area contributed by atoms with Crippen molar-refractivity contribution in [3.05, 3.63) is 23.3 Å². The van der Waals surface area contributed by atoms with Crippen molar-refractivity contribution >= 4 is 8.24 Å². The van der Waals surface area contributed by atoms with Gasteiger partial charge in [-0.25, -0.2) is 0 Å². The van der Waals surface area contributed by atoms with Gasteiger partial charge in [0.05, 0.1) is 0 Å². The van der Waals surface area contributed by atoms with Crippen LogP contribution in [0.5, 0.6) is 0 Å². The first-order chi connectivity index (χ1) is 12.2. The molecule has 4 aliphatic carbocycles. The van der Waals surface area contributed by atoms with E-state index in [1.165, 1.54) is 57.8 Å². The molecule has 0 spiro atoms. The number of nitrogens with one attached hydrogen (secondary N) is 1. The summed E-state index contributed by atoms with van der Waals surface area (Å²) in [5.41, 5.74) is 4.59. The lowest BCUT2D eigenvalue weighted by molar-refractivity contribution is 0.192. The van der Waals surface area contributed by atoms with Gasteiger partial charge in [0.1, 0.15) is 8.24 Å². The van der Waals surface area contributed by atoms with Crippen molar-refractivity contribution in [2.24, 2.45) is 23.7 Å². The highest BCUT2D eigenvalue weighted by Gasteiger charge is 2.45. The highest BCUT2D eigenvalue weighted by Crippen LogP contribution is 2.55. The molecule has 1 N–H and O–H groups in total. The molecule has 0 aromatic carbocycles. The summed E-state index contributed by atoms with van der Waals surface area (Å²) in [4.78, 5) is 4.06. The van der Waals surface area contributed by atoms with E-state index in [1.54, 1.807) is 0 Å². The Kier molecular flexibility index (Phi) is 5.06. The molecule has 4 unspecified atom stereocenters. The molecule has 146 valence electrons. The van der Waals surface area contributed by atoms with Crippen molar-refractivity contribution in [3.8, 4) is 0 Å². The molecule has 4 aliphatic rings. The van der Waals surface area contributed by atoms with E-state index in [0.717, 1.165) is 23.7 Å². The van der Waals surface area contributed by atoms with Gasteiger partial charge in [-0.15, -0.1) is 0 Å². The minimum atomic E-state index is -1.53. The molecule has 0 amide bonds. The van der Waals surface area contributed by atoms with Crippen LogP contribution in [-0.4, -0.2) is 13.8 Å². The number of hydrogen-bond acceptors (Lipinski definition) is 1. The lowest BCUT2D eigenvalue weighted by Gasteiger charge is -2.37. The summed E-state index contributed by atoms with van der Waals surface area (Å²) >= 11 is 0. The molecule has 4 atom stereocenters. The van der Waals surface area contributed by atoms with Gasteiger partial charge in [0.25, 0.3) is 0 Å². The van der Waals surface area contributed by atoms with Crippen LogP contribution in [0, 0.1) is 23.7 Å². The molecule has 3 saturated carbocycles. The molecule has 0 radical (unpaired) electrons. The Labute approximate surface area is 163 Å². The van der Waals surface area contributed by atoms with Gasteiger partial charge in [-0.05, 0) is 87.7 Å². The van der Waals surface area contributed by atoms with Crippen LogP contribution < -0.4 is 4.98 Å². The predicted octanol–water partition coefficient (Wildman–Crippen LogP) is 6.83. The summed E-state index contributed by atoms with van der Waals surface area (Å²) in [6.45, 7) is 12.1. The Hall–Kier alpha value is -0.343. The first-order valence-electron chi connectivity index (χ1n) is 11.5. The lowest BCUT2D eigenvalue weighted by Crippen LogP contribution is -2.56. The third kappa shape index (κ3) is 3.65. The second-order valence-electron chi connectivity index (χ2n) is 11.4. The Bertz CT molecular complexity index is 556. The fourth-order valence-corrected chi connectivity index (χ4v) is 10.2. The number of rotatable bonds is 2. The largest absolute Gasteiger partial charge is 0.332 e. The number of allylic oxidation sites excluding steroid dienone is 4. The summed E-state index contributed by atoms with van der Waals surface area (Å²) in [6.07, 6.45) is 18.9. The van der Waals surface area contributed by atoms with Gasteiger partial charge in [-0.2, -0.15) is 0 Å². The van der Waals surface area contributed by atoms with Gasteiger partial charge in [-0.1, -0.05) is 50.9 Å². The molecule has 0 aromatic heterocycles. The van der Waals surface area contributed by atoms with Gasteiger partial charge < -0.3 is 4.98 Å². The van der Waals surface area contributed by atoms with Crippen molar-refractivity contribution in [1.29, 1.82) is 0 Å². The van der Waals surface area contributed by atoms with E-state index in [9.17, 15) is 0 Å². The van der Waals surface area contributed by atoms with Gasteiger partial charge in [0.15, 0.2) is 0 Å². The maximum Gasteiger partial charge on any atom is 0.130 e. The minimum absolute atomic E-state index is 0.220. The molecule has 0 bridgehead atoms. The average Bonchev–Trinajstić information content (AvgIpc) is 2.95. The highest BCUT2D eigenvalue weighted by molar-refractivity contribution is 6.77. The van der Waals surface area contributed by atoms with Gasteiger partial charge in [0.2, 0.25) is 0 Å². The maximum absolute atomic E-state index is 4.06. The monoisotopic (exact) mass is 371 g/mol. The van der Waals surface area contributed by atoms with Crippen LogP contribution in [0.4, 0.5) is 0 Å². The SMILES string of the molecule is CC(C)(C)N[Si](C)(C)C1C=C2C(=C1)C1CCCCC1CC1CCCCC21. The second kappa shape index (κ2) is 6.92. The molecule has 0 aliphatic heterocycles. The van der Waals surface area contributed by atoms with Crippen molar-refractivity contribution in [2.45, 2.75) is 103 Å². The quantitative estimate of drug-likeness (QED) is 0.524. The molecule has 0 heterocycles. The van der Waals surface area contributed by atoms with Crippen molar-refractivity contribution < 1.29 is 0 Å². The van der Waals surface area contributed by atoms with Gasteiger partial charge >= 0.3 is 0 Å². The first kappa shape index (κ1) is 19.0. The Morgan fingerprint density at radius 2 is 1.27 bits per heavy atom. The molecule has 0 saturated heterocycles. The summed E-state index contributed by atoms with van der Waals surface area (Å²) in [6, 6.07) is 0. The van der Waals surface area contributed by atoms with Crippen LogP contribution in [0.15, 0.2) is 23.3 Å². The molecule has 2 heteroatoms. The molecule has 26 heavy (non-hydrogen) atoms. The van der Waals surface area contributed by atoms with Crippen LogP contribution in [-0.2, 0) is 0 Å². The average molecular weight is 372 g/mol. The summed E-state index contributed by atoms with van der Waals surface area (Å²) in [7, 11) is -1.53. The van der Waals surface area contributed by atoms with E-state index < -0.39 is 8.24 Å². The fourth-order valence-electron chi connectivity index (χ4n) is 6.96. The van der Waals surface area contributed by atoms with Crippen molar-refractivity contribution in [2.75, 3.05) is 0 Å².